The summed E-state index contributed by atoms with van der Waals surface area (Å²) >= 11 is 0. The van der Waals surface area contributed by atoms with Gasteiger partial charge in [0.25, 0.3) is 0 Å². The maximum absolute atomic E-state index is 12.7. The first kappa shape index (κ1) is 16.8. The first-order valence-electron chi connectivity index (χ1n) is 7.54. The number of nitrogens with zero attached hydrogens (tertiary/aromatic N) is 1. The molecular weight excluding hydrogens is 330 g/mol. The van der Waals surface area contributed by atoms with Crippen LogP contribution in [0.5, 0.6) is 11.5 Å². The number of ether oxygens (including phenoxy) is 2. The Morgan fingerprint density at radius 1 is 1.00 bits per heavy atom. The standard InChI is InChI=1S/C17H19NO5S/c1-22-13-7-9-15(10-8-13)24(20,21)18-11-16(19)17(12-18)23-14-5-3-2-4-6-14/h2-10,16-17,19H,11-12H2,1H3/t16-,17-/m1/s1. The topological polar surface area (TPSA) is 76.1 Å². The second-order valence-electron chi connectivity index (χ2n) is 5.53. The van der Waals surface area contributed by atoms with Gasteiger partial charge < -0.3 is 14.6 Å². The molecule has 1 fully saturated rings. The van der Waals surface area contributed by atoms with E-state index in [1.54, 1.807) is 24.3 Å². The van der Waals surface area contributed by atoms with Crippen LogP contribution < -0.4 is 9.47 Å². The van der Waals surface area contributed by atoms with E-state index in [-0.39, 0.29) is 18.0 Å². The number of aliphatic hydroxyl groups excluding tert-OH is 1. The number of para-hydroxylation sites is 1. The summed E-state index contributed by atoms with van der Waals surface area (Å²) in [7, 11) is -2.16. The Morgan fingerprint density at radius 3 is 2.29 bits per heavy atom. The van der Waals surface area contributed by atoms with Gasteiger partial charge in [0.2, 0.25) is 10.0 Å². The van der Waals surface area contributed by atoms with Gasteiger partial charge in [0.1, 0.15) is 23.7 Å². The molecule has 0 unspecified atom stereocenters. The highest BCUT2D eigenvalue weighted by atomic mass is 32.2. The van der Waals surface area contributed by atoms with Crippen LogP contribution in [0, 0.1) is 0 Å². The third-order valence-corrected chi connectivity index (χ3v) is 5.78. The molecule has 6 nitrogen and oxygen atoms in total. The van der Waals surface area contributed by atoms with Gasteiger partial charge in [0.15, 0.2) is 0 Å². The SMILES string of the molecule is COc1ccc(S(=O)(=O)N2C[C@@H](O)[C@H](Oc3ccccc3)C2)cc1. The van der Waals surface area contributed by atoms with Gasteiger partial charge >= 0.3 is 0 Å². The van der Waals surface area contributed by atoms with Crippen molar-refractivity contribution in [3.05, 3.63) is 54.6 Å². The lowest BCUT2D eigenvalue weighted by Gasteiger charge is -2.17. The Labute approximate surface area is 141 Å². The molecule has 1 aliphatic heterocycles. The smallest absolute Gasteiger partial charge is 0.243 e. The van der Waals surface area contributed by atoms with Crippen LogP contribution in [0.2, 0.25) is 0 Å². The molecule has 0 amide bonds. The van der Waals surface area contributed by atoms with Crippen molar-refractivity contribution in [2.24, 2.45) is 0 Å². The molecule has 0 spiro atoms. The lowest BCUT2D eigenvalue weighted by Crippen LogP contribution is -2.31. The van der Waals surface area contributed by atoms with E-state index in [1.807, 2.05) is 18.2 Å². The molecule has 1 saturated heterocycles. The van der Waals surface area contributed by atoms with E-state index in [1.165, 1.54) is 23.5 Å². The Kier molecular flexibility index (Phi) is 4.75. The number of methoxy groups -OCH3 is 1. The number of hydrogen-bond donors (Lipinski definition) is 1. The first-order chi connectivity index (χ1) is 11.5. The predicted molar refractivity (Wildman–Crippen MR) is 88.6 cm³/mol. The van der Waals surface area contributed by atoms with Gasteiger partial charge in [-0.05, 0) is 36.4 Å². The molecule has 0 aliphatic carbocycles. The molecule has 0 radical (unpaired) electrons. The maximum Gasteiger partial charge on any atom is 0.243 e. The van der Waals surface area contributed by atoms with Crippen molar-refractivity contribution in [1.82, 2.24) is 4.31 Å². The van der Waals surface area contributed by atoms with Gasteiger partial charge in [-0.1, -0.05) is 18.2 Å². The predicted octanol–water partition coefficient (Wildman–Crippen LogP) is 1.51. The molecule has 24 heavy (non-hydrogen) atoms. The van der Waals surface area contributed by atoms with Gasteiger partial charge in [0, 0.05) is 6.54 Å². The summed E-state index contributed by atoms with van der Waals surface area (Å²) in [5, 5.41) is 10.2. The number of benzene rings is 2. The molecule has 128 valence electrons. The van der Waals surface area contributed by atoms with E-state index in [2.05, 4.69) is 0 Å². The fraction of sp³-hybridized carbons (Fsp3) is 0.294. The van der Waals surface area contributed by atoms with Crippen LogP contribution in [0.1, 0.15) is 0 Å². The van der Waals surface area contributed by atoms with Crippen molar-refractivity contribution >= 4 is 10.0 Å². The molecule has 0 aromatic heterocycles. The van der Waals surface area contributed by atoms with Crippen LogP contribution in [0.3, 0.4) is 0 Å². The Hall–Kier alpha value is -2.09. The highest BCUT2D eigenvalue weighted by molar-refractivity contribution is 7.89. The van der Waals surface area contributed by atoms with Crippen molar-refractivity contribution < 1.29 is 23.0 Å². The van der Waals surface area contributed by atoms with E-state index in [9.17, 15) is 13.5 Å². The van der Waals surface area contributed by atoms with Crippen LogP contribution in [-0.4, -0.2) is 50.2 Å². The van der Waals surface area contributed by atoms with Crippen molar-refractivity contribution in [3.63, 3.8) is 0 Å². The highest BCUT2D eigenvalue weighted by Gasteiger charge is 2.39. The second-order valence-corrected chi connectivity index (χ2v) is 7.47. The number of rotatable bonds is 5. The monoisotopic (exact) mass is 349 g/mol. The quantitative estimate of drug-likeness (QED) is 0.885. The van der Waals surface area contributed by atoms with Gasteiger partial charge in [-0.3, -0.25) is 0 Å². The van der Waals surface area contributed by atoms with E-state index in [0.29, 0.717) is 11.5 Å². The molecule has 0 saturated carbocycles. The lowest BCUT2D eigenvalue weighted by molar-refractivity contribution is 0.0737. The summed E-state index contributed by atoms with van der Waals surface area (Å²) in [5.74, 6) is 1.19. The fourth-order valence-electron chi connectivity index (χ4n) is 2.61. The maximum atomic E-state index is 12.7. The normalized spacial score (nSPS) is 21.6. The fourth-order valence-corrected chi connectivity index (χ4v) is 4.08. The average Bonchev–Trinajstić information content (AvgIpc) is 2.97. The van der Waals surface area contributed by atoms with Crippen molar-refractivity contribution in [2.75, 3.05) is 20.2 Å². The summed E-state index contributed by atoms with van der Waals surface area (Å²) in [4.78, 5) is 0.163. The second kappa shape index (κ2) is 6.80. The molecule has 1 N–H and O–H groups in total. The molecule has 2 atom stereocenters. The lowest BCUT2D eigenvalue weighted by atomic mass is 10.2. The van der Waals surface area contributed by atoms with E-state index >= 15 is 0 Å². The van der Waals surface area contributed by atoms with Gasteiger partial charge in [-0.25, -0.2) is 8.42 Å². The Morgan fingerprint density at radius 2 is 1.67 bits per heavy atom. The molecule has 2 aromatic rings. The summed E-state index contributed by atoms with van der Waals surface area (Å²) in [6, 6.07) is 15.2. The van der Waals surface area contributed by atoms with E-state index in [4.69, 9.17) is 9.47 Å². The molecule has 1 aliphatic rings. The zero-order chi connectivity index (χ0) is 17.2. The van der Waals surface area contributed by atoms with Crippen molar-refractivity contribution in [3.8, 4) is 11.5 Å². The summed E-state index contributed by atoms with van der Waals surface area (Å²) in [6.07, 6.45) is -1.47. The molecule has 1 heterocycles. The first-order valence-corrected chi connectivity index (χ1v) is 8.98. The molecule has 3 rings (SSSR count). The highest BCUT2D eigenvalue weighted by Crippen LogP contribution is 2.25. The minimum Gasteiger partial charge on any atom is -0.497 e. The zero-order valence-electron chi connectivity index (χ0n) is 13.2. The minimum atomic E-state index is -3.68. The van der Waals surface area contributed by atoms with Crippen molar-refractivity contribution in [1.29, 1.82) is 0 Å². The number of β-amino-alcohol motifs (C(OH)–C–C–N with tert-alkyl or cyclic N) is 1. The number of sulfonamides is 1. The molecule has 7 heteroatoms. The molecule has 0 bridgehead atoms. The van der Waals surface area contributed by atoms with E-state index in [0.717, 1.165) is 0 Å². The van der Waals surface area contributed by atoms with Crippen LogP contribution in [0.25, 0.3) is 0 Å². The third-order valence-electron chi connectivity index (χ3n) is 3.93. The summed E-state index contributed by atoms with van der Waals surface area (Å²) in [5.41, 5.74) is 0. The zero-order valence-corrected chi connectivity index (χ0v) is 14.0. The minimum absolute atomic E-state index is 0.00582. The van der Waals surface area contributed by atoms with Crippen LogP contribution in [-0.2, 0) is 10.0 Å². The summed E-state index contributed by atoms with van der Waals surface area (Å²) < 4.78 is 37.4. The van der Waals surface area contributed by atoms with E-state index < -0.39 is 22.2 Å². The number of aliphatic hydroxyl groups is 1. The summed E-state index contributed by atoms with van der Waals surface area (Å²) in [6.45, 7) is 0.107. The van der Waals surface area contributed by atoms with Crippen LogP contribution in [0.4, 0.5) is 0 Å². The number of hydrogen-bond acceptors (Lipinski definition) is 5. The van der Waals surface area contributed by atoms with Gasteiger partial charge in [0.05, 0.1) is 18.6 Å². The molecule has 2 aromatic carbocycles. The largest absolute Gasteiger partial charge is 0.497 e. The van der Waals surface area contributed by atoms with Crippen molar-refractivity contribution in [2.45, 2.75) is 17.1 Å². The third kappa shape index (κ3) is 3.38. The van der Waals surface area contributed by atoms with Gasteiger partial charge in [-0.2, -0.15) is 4.31 Å². The Bertz CT molecular complexity index is 776. The Balaban J connectivity index is 1.75. The van der Waals surface area contributed by atoms with Crippen LogP contribution in [0.15, 0.2) is 59.5 Å². The average molecular weight is 349 g/mol. The van der Waals surface area contributed by atoms with Crippen LogP contribution >= 0.6 is 0 Å². The molecular formula is C17H19NO5S. The van der Waals surface area contributed by atoms with Gasteiger partial charge in [-0.15, -0.1) is 0 Å².